The van der Waals surface area contributed by atoms with Crippen LogP contribution in [0.4, 0.5) is 0 Å². The number of aromatic nitrogens is 3. The molecule has 0 saturated carbocycles. The van der Waals surface area contributed by atoms with Crippen molar-refractivity contribution in [3.8, 4) is 22.6 Å². The molecular weight excluding hydrogens is 410 g/mol. The summed E-state index contributed by atoms with van der Waals surface area (Å²) in [6.45, 7) is 2.18. The highest BCUT2D eigenvalue weighted by molar-refractivity contribution is 7.10. The molecule has 0 spiro atoms. The minimum absolute atomic E-state index is 0.0329. The molecule has 0 fully saturated rings. The minimum Gasteiger partial charge on any atom is -0.350 e. The zero-order chi connectivity index (χ0) is 21.8. The third-order valence-electron chi connectivity index (χ3n) is 4.87. The van der Waals surface area contributed by atoms with Crippen molar-refractivity contribution in [2.24, 2.45) is 0 Å². The Bertz CT molecular complexity index is 1170. The van der Waals surface area contributed by atoms with E-state index in [9.17, 15) is 4.79 Å². The summed E-state index contributed by atoms with van der Waals surface area (Å²) >= 11 is 1.60. The first-order valence-electron chi connectivity index (χ1n) is 9.87. The fraction of sp³-hybridized carbons (Fsp3) is 0.217. The van der Waals surface area contributed by atoms with Crippen LogP contribution in [0, 0.1) is 6.92 Å². The summed E-state index contributed by atoms with van der Waals surface area (Å²) in [7, 11) is 3.97. The van der Waals surface area contributed by atoms with Crippen LogP contribution < -0.4 is 5.32 Å². The lowest BCUT2D eigenvalue weighted by Gasteiger charge is -2.22. The number of hydrogen-bond donors (Lipinski definition) is 1. The van der Waals surface area contributed by atoms with E-state index in [0.29, 0.717) is 23.8 Å². The molecule has 0 saturated heterocycles. The van der Waals surface area contributed by atoms with Gasteiger partial charge in [0.15, 0.2) is 0 Å². The number of benzene rings is 2. The number of nitrogens with one attached hydrogen (secondary N) is 1. The molecule has 0 aliphatic rings. The van der Waals surface area contributed by atoms with Crippen molar-refractivity contribution >= 4 is 17.2 Å². The molecule has 2 heterocycles. The number of aryl methyl sites for hydroxylation is 1. The van der Waals surface area contributed by atoms with Crippen LogP contribution in [0.1, 0.15) is 27.3 Å². The second-order valence-electron chi connectivity index (χ2n) is 7.34. The van der Waals surface area contributed by atoms with Gasteiger partial charge in [0.1, 0.15) is 5.01 Å². The Labute approximate surface area is 184 Å². The summed E-state index contributed by atoms with van der Waals surface area (Å²) in [4.78, 5) is 23.9. The molecule has 31 heavy (non-hydrogen) atoms. The van der Waals surface area contributed by atoms with Crippen molar-refractivity contribution < 1.29 is 9.32 Å². The fourth-order valence-electron chi connectivity index (χ4n) is 3.18. The SMILES string of the molecule is Cc1nc(-c2cccc(C(=O)NCC(c3nc(-c4ccccc4)cs3)N(C)C)c2)no1. The van der Waals surface area contributed by atoms with Crippen molar-refractivity contribution in [1.29, 1.82) is 0 Å². The van der Waals surface area contributed by atoms with Gasteiger partial charge in [-0.2, -0.15) is 4.98 Å². The number of nitrogens with zero attached hydrogens (tertiary/aromatic N) is 4. The molecule has 8 heteroatoms. The van der Waals surface area contributed by atoms with E-state index in [0.717, 1.165) is 21.8 Å². The molecule has 2 aromatic carbocycles. The van der Waals surface area contributed by atoms with E-state index < -0.39 is 0 Å². The first-order chi connectivity index (χ1) is 15.0. The molecule has 1 amide bonds. The Morgan fingerprint density at radius 1 is 1.10 bits per heavy atom. The number of likely N-dealkylation sites (N-methyl/N-ethyl adjacent to an activating group) is 1. The molecule has 0 bridgehead atoms. The van der Waals surface area contributed by atoms with Gasteiger partial charge >= 0.3 is 0 Å². The van der Waals surface area contributed by atoms with Crippen LogP contribution >= 0.6 is 11.3 Å². The molecule has 0 radical (unpaired) electrons. The van der Waals surface area contributed by atoms with Crippen LogP contribution in [-0.2, 0) is 0 Å². The van der Waals surface area contributed by atoms with Gasteiger partial charge in [0, 0.05) is 35.5 Å². The van der Waals surface area contributed by atoms with E-state index in [-0.39, 0.29) is 11.9 Å². The first kappa shape index (κ1) is 20.9. The van der Waals surface area contributed by atoms with Crippen LogP contribution in [0.3, 0.4) is 0 Å². The number of carbonyl (C=O) groups is 1. The second kappa shape index (κ2) is 9.20. The van der Waals surface area contributed by atoms with Gasteiger partial charge in [-0.1, -0.05) is 47.6 Å². The van der Waals surface area contributed by atoms with Crippen molar-refractivity contribution in [1.82, 2.24) is 25.3 Å². The normalized spacial score (nSPS) is 12.1. The quantitative estimate of drug-likeness (QED) is 0.470. The highest BCUT2D eigenvalue weighted by atomic mass is 32.1. The number of thiazole rings is 1. The highest BCUT2D eigenvalue weighted by Gasteiger charge is 2.20. The molecule has 158 valence electrons. The van der Waals surface area contributed by atoms with E-state index in [1.54, 1.807) is 30.4 Å². The van der Waals surface area contributed by atoms with E-state index >= 15 is 0 Å². The fourth-order valence-corrected chi connectivity index (χ4v) is 4.20. The molecule has 1 atom stereocenters. The number of hydrogen-bond acceptors (Lipinski definition) is 7. The topological polar surface area (TPSA) is 84.2 Å². The zero-order valence-electron chi connectivity index (χ0n) is 17.6. The number of rotatable bonds is 7. The van der Waals surface area contributed by atoms with Gasteiger partial charge in [-0.05, 0) is 26.2 Å². The predicted octanol–water partition coefficient (Wildman–Crippen LogP) is 4.20. The second-order valence-corrected chi connectivity index (χ2v) is 8.23. The minimum atomic E-state index is -0.159. The Morgan fingerprint density at radius 3 is 2.58 bits per heavy atom. The largest absolute Gasteiger partial charge is 0.350 e. The van der Waals surface area contributed by atoms with Crippen LogP contribution in [0.25, 0.3) is 22.6 Å². The van der Waals surface area contributed by atoms with Gasteiger partial charge < -0.3 is 9.84 Å². The predicted molar refractivity (Wildman–Crippen MR) is 121 cm³/mol. The van der Waals surface area contributed by atoms with Gasteiger partial charge in [-0.15, -0.1) is 11.3 Å². The summed E-state index contributed by atoms with van der Waals surface area (Å²) < 4.78 is 5.03. The smallest absolute Gasteiger partial charge is 0.251 e. The van der Waals surface area contributed by atoms with E-state index in [2.05, 4.69) is 25.7 Å². The summed E-state index contributed by atoms with van der Waals surface area (Å²) in [6.07, 6.45) is 0. The van der Waals surface area contributed by atoms with Crippen molar-refractivity contribution in [2.75, 3.05) is 20.6 Å². The molecule has 4 aromatic rings. The van der Waals surface area contributed by atoms with Gasteiger partial charge in [0.2, 0.25) is 11.7 Å². The lowest BCUT2D eigenvalue weighted by atomic mass is 10.1. The number of amides is 1. The van der Waals surface area contributed by atoms with E-state index in [1.165, 1.54) is 0 Å². The molecule has 1 unspecified atom stereocenters. The Kier molecular flexibility index (Phi) is 6.20. The van der Waals surface area contributed by atoms with E-state index in [4.69, 9.17) is 9.51 Å². The molecule has 0 aliphatic carbocycles. The highest BCUT2D eigenvalue weighted by Crippen LogP contribution is 2.27. The van der Waals surface area contributed by atoms with Gasteiger partial charge in [0.05, 0.1) is 11.7 Å². The molecule has 2 aromatic heterocycles. The zero-order valence-corrected chi connectivity index (χ0v) is 18.4. The standard InChI is InChI=1S/C23H23N5O2S/c1-15-25-21(27-30-15)17-10-7-11-18(12-17)22(29)24-13-20(28(2)3)23-26-19(14-31-23)16-8-5-4-6-9-16/h4-12,14,20H,13H2,1-3H3,(H,24,29). The molecule has 4 rings (SSSR count). The molecule has 1 N–H and O–H groups in total. The van der Waals surface area contributed by atoms with Crippen molar-refractivity contribution in [3.05, 3.63) is 76.4 Å². The molecule has 0 aliphatic heterocycles. The summed E-state index contributed by atoms with van der Waals surface area (Å²) in [5.41, 5.74) is 3.31. The Morgan fingerprint density at radius 2 is 1.87 bits per heavy atom. The Balaban J connectivity index is 1.47. The summed E-state index contributed by atoms with van der Waals surface area (Å²) in [6, 6.07) is 17.3. The average Bonchev–Trinajstić information content (AvgIpc) is 3.44. The van der Waals surface area contributed by atoms with Crippen LogP contribution in [0.2, 0.25) is 0 Å². The first-order valence-corrected chi connectivity index (χ1v) is 10.8. The summed E-state index contributed by atoms with van der Waals surface area (Å²) in [5, 5.41) is 9.97. The molecule has 7 nitrogen and oxygen atoms in total. The van der Waals surface area contributed by atoms with Crippen molar-refractivity contribution in [2.45, 2.75) is 13.0 Å². The third kappa shape index (κ3) is 4.87. The summed E-state index contributed by atoms with van der Waals surface area (Å²) in [5.74, 6) is 0.792. The maximum absolute atomic E-state index is 12.8. The number of carbonyl (C=O) groups excluding carboxylic acids is 1. The molecular formula is C23H23N5O2S. The maximum Gasteiger partial charge on any atom is 0.251 e. The van der Waals surface area contributed by atoms with E-state index in [1.807, 2.05) is 56.6 Å². The monoisotopic (exact) mass is 433 g/mol. The lowest BCUT2D eigenvalue weighted by Crippen LogP contribution is -2.34. The third-order valence-corrected chi connectivity index (χ3v) is 5.81. The Hall–Kier alpha value is -3.36. The maximum atomic E-state index is 12.8. The van der Waals surface area contributed by atoms with Gasteiger partial charge in [-0.3, -0.25) is 9.69 Å². The lowest BCUT2D eigenvalue weighted by molar-refractivity contribution is 0.0942. The average molecular weight is 434 g/mol. The van der Waals surface area contributed by atoms with Crippen LogP contribution in [0.5, 0.6) is 0 Å². The van der Waals surface area contributed by atoms with Crippen LogP contribution in [-0.4, -0.2) is 46.6 Å². The van der Waals surface area contributed by atoms with Crippen molar-refractivity contribution in [3.63, 3.8) is 0 Å². The van der Waals surface area contributed by atoms with Gasteiger partial charge in [0.25, 0.3) is 5.91 Å². The van der Waals surface area contributed by atoms with Crippen LogP contribution in [0.15, 0.2) is 64.5 Å². The van der Waals surface area contributed by atoms with Gasteiger partial charge in [-0.25, -0.2) is 4.98 Å².